The van der Waals surface area contributed by atoms with E-state index in [1.165, 1.54) is 25.0 Å². The molecule has 0 aliphatic carbocycles. The summed E-state index contributed by atoms with van der Waals surface area (Å²) in [7, 11) is 0. The molecule has 0 fully saturated rings. The summed E-state index contributed by atoms with van der Waals surface area (Å²) in [6.45, 7) is 0.373. The topological polar surface area (TPSA) is 277 Å². The van der Waals surface area contributed by atoms with E-state index in [-0.39, 0.29) is 32.1 Å². The van der Waals surface area contributed by atoms with E-state index in [4.69, 9.17) is 17.2 Å². The monoisotopic (exact) mass is 548 g/mol. The van der Waals surface area contributed by atoms with Crippen molar-refractivity contribution < 1.29 is 29.1 Å². The highest BCUT2D eigenvalue weighted by molar-refractivity contribution is 5.94. The lowest BCUT2D eigenvalue weighted by Crippen LogP contribution is -2.57. The first-order valence-electron chi connectivity index (χ1n) is 12.4. The van der Waals surface area contributed by atoms with Crippen molar-refractivity contribution in [1.29, 1.82) is 0 Å². The maximum Gasteiger partial charge on any atom is 0.326 e. The number of hydrogen-bond donors (Lipinski definition) is 9. The van der Waals surface area contributed by atoms with E-state index in [1.807, 2.05) is 0 Å². The van der Waals surface area contributed by atoms with Gasteiger partial charge in [-0.05, 0) is 32.2 Å². The number of rotatable bonds is 18. The highest BCUT2D eigenvalue weighted by atomic mass is 16.4. The van der Waals surface area contributed by atoms with Gasteiger partial charge in [0.05, 0.1) is 18.7 Å². The third kappa shape index (κ3) is 10.9. The van der Waals surface area contributed by atoms with Gasteiger partial charge in [0.25, 0.3) is 0 Å². The highest BCUT2D eigenvalue weighted by Gasteiger charge is 2.30. The molecule has 12 N–H and O–H groups in total. The Morgan fingerprint density at radius 3 is 1.87 bits per heavy atom. The van der Waals surface area contributed by atoms with Gasteiger partial charge in [0.1, 0.15) is 18.1 Å². The van der Waals surface area contributed by atoms with Gasteiger partial charge in [-0.25, -0.2) is 14.8 Å². The summed E-state index contributed by atoms with van der Waals surface area (Å²) in [5, 5.41) is 17.1. The van der Waals surface area contributed by atoms with Crippen LogP contribution in [0.25, 0.3) is 0 Å². The van der Waals surface area contributed by atoms with E-state index in [0.29, 0.717) is 30.8 Å². The molecule has 0 aliphatic rings. The van der Waals surface area contributed by atoms with Gasteiger partial charge in [-0.3, -0.25) is 19.2 Å². The van der Waals surface area contributed by atoms with Crippen LogP contribution in [0.3, 0.4) is 0 Å². The number of amides is 4. The van der Waals surface area contributed by atoms with Crippen molar-refractivity contribution >= 4 is 29.6 Å². The maximum atomic E-state index is 13.2. The Hall–Kier alpha value is -4.31. The number of unbranched alkanes of at least 4 members (excludes halogenated alkanes) is 1. The number of nitrogens with zero attached hydrogens (tertiary/aromatic N) is 2. The van der Waals surface area contributed by atoms with E-state index in [1.54, 1.807) is 0 Å². The molecule has 2 heterocycles. The van der Waals surface area contributed by atoms with E-state index < -0.39 is 53.8 Å². The van der Waals surface area contributed by atoms with Crippen LogP contribution in [-0.2, 0) is 36.8 Å². The second-order valence-corrected chi connectivity index (χ2v) is 8.98. The highest BCUT2D eigenvalue weighted by Crippen LogP contribution is 2.07. The molecule has 4 amide bonds. The Morgan fingerprint density at radius 1 is 0.821 bits per heavy atom. The standard InChI is InChI=1S/C23H36N10O6/c24-6-2-1-3-16(31-20(35)15(25)7-13-9-27-11-29-13)21(36)32-17(4-5-19(26)34)22(37)33-18(23(38)39)8-14-10-28-12-30-14/h9-12,15-18H,1-8,24-25H2,(H2,26,34)(H,27,29)(H,28,30)(H,31,35)(H,32,36)(H,33,37)(H,38,39). The van der Waals surface area contributed by atoms with Crippen LogP contribution in [0.1, 0.15) is 43.5 Å². The normalized spacial score (nSPS) is 14.0. The number of hydrogen-bond acceptors (Lipinski definition) is 9. The molecule has 2 aromatic heterocycles. The summed E-state index contributed by atoms with van der Waals surface area (Å²) in [6, 6.07) is -4.70. The quantitative estimate of drug-likeness (QED) is 0.0861. The average Bonchev–Trinajstić information content (AvgIpc) is 3.59. The van der Waals surface area contributed by atoms with E-state index >= 15 is 0 Å². The summed E-state index contributed by atoms with van der Waals surface area (Å²) in [5.74, 6) is -4.16. The molecule has 0 spiro atoms. The summed E-state index contributed by atoms with van der Waals surface area (Å²) < 4.78 is 0. The third-order valence-electron chi connectivity index (χ3n) is 5.82. The van der Waals surface area contributed by atoms with Crippen molar-refractivity contribution in [3.05, 3.63) is 36.4 Å². The minimum atomic E-state index is -1.34. The number of primary amides is 1. The summed E-state index contributed by atoms with van der Waals surface area (Å²) in [5.41, 5.74) is 17.9. The zero-order valence-electron chi connectivity index (χ0n) is 21.4. The third-order valence-corrected chi connectivity index (χ3v) is 5.82. The lowest BCUT2D eigenvalue weighted by atomic mass is 10.0. The number of aromatic nitrogens is 4. The van der Waals surface area contributed by atoms with Gasteiger partial charge >= 0.3 is 5.97 Å². The largest absolute Gasteiger partial charge is 0.480 e. The second-order valence-electron chi connectivity index (χ2n) is 8.98. The van der Waals surface area contributed by atoms with Crippen molar-refractivity contribution in [3.63, 3.8) is 0 Å². The fourth-order valence-electron chi connectivity index (χ4n) is 3.68. The molecule has 16 heteroatoms. The van der Waals surface area contributed by atoms with Gasteiger partial charge in [-0.1, -0.05) is 0 Å². The number of aliphatic carboxylic acids is 1. The Bertz CT molecular complexity index is 1080. The predicted molar refractivity (Wildman–Crippen MR) is 137 cm³/mol. The summed E-state index contributed by atoms with van der Waals surface area (Å²) in [4.78, 5) is 75.4. The summed E-state index contributed by atoms with van der Waals surface area (Å²) >= 11 is 0. The van der Waals surface area contributed by atoms with Gasteiger partial charge in [-0.2, -0.15) is 0 Å². The van der Waals surface area contributed by atoms with Crippen molar-refractivity contribution in [3.8, 4) is 0 Å². The molecule has 0 radical (unpaired) electrons. The molecule has 16 nitrogen and oxygen atoms in total. The first-order chi connectivity index (χ1) is 18.6. The fourth-order valence-corrected chi connectivity index (χ4v) is 3.68. The number of carboxylic acid groups (broad SMARTS) is 1. The molecule has 214 valence electrons. The van der Waals surface area contributed by atoms with Gasteiger partial charge < -0.3 is 48.2 Å². The molecule has 39 heavy (non-hydrogen) atoms. The van der Waals surface area contributed by atoms with Crippen molar-refractivity contribution in [2.24, 2.45) is 17.2 Å². The number of nitrogens with two attached hydrogens (primary N) is 3. The Balaban J connectivity index is 2.12. The number of carboxylic acids is 1. The smallest absolute Gasteiger partial charge is 0.326 e. The van der Waals surface area contributed by atoms with Crippen LogP contribution < -0.4 is 33.2 Å². The van der Waals surface area contributed by atoms with Crippen LogP contribution in [0.15, 0.2) is 25.0 Å². The molecule has 0 saturated carbocycles. The van der Waals surface area contributed by atoms with Crippen LogP contribution in [0.5, 0.6) is 0 Å². The molecule has 0 aliphatic heterocycles. The molecule has 0 bridgehead atoms. The first kappa shape index (κ1) is 30.9. The number of nitrogens with one attached hydrogen (secondary N) is 5. The van der Waals surface area contributed by atoms with Crippen LogP contribution in [0.4, 0.5) is 0 Å². The van der Waals surface area contributed by atoms with Gasteiger partial charge in [0.2, 0.25) is 23.6 Å². The fraction of sp³-hybridized carbons (Fsp3) is 0.522. The van der Waals surface area contributed by atoms with E-state index in [9.17, 15) is 29.1 Å². The molecule has 4 atom stereocenters. The molecular weight excluding hydrogens is 512 g/mol. The minimum Gasteiger partial charge on any atom is -0.480 e. The zero-order chi connectivity index (χ0) is 28.8. The second kappa shape index (κ2) is 15.8. The SMILES string of the molecule is NCCCCC(NC(=O)C(N)Cc1cnc[nH]1)C(=O)NC(CCC(N)=O)C(=O)NC(Cc1cnc[nH]1)C(=O)O. The number of imidazole rings is 2. The molecule has 0 aromatic carbocycles. The lowest BCUT2D eigenvalue weighted by Gasteiger charge is -2.25. The van der Waals surface area contributed by atoms with Crippen LogP contribution in [-0.4, -0.2) is 85.4 Å². The minimum absolute atomic E-state index is 0.0937. The number of aromatic amines is 2. The average molecular weight is 549 g/mol. The van der Waals surface area contributed by atoms with Gasteiger partial charge in [0, 0.05) is 43.0 Å². The summed E-state index contributed by atoms with van der Waals surface area (Å²) in [6.07, 6.45) is 6.65. The predicted octanol–water partition coefficient (Wildman–Crippen LogP) is -2.82. The van der Waals surface area contributed by atoms with E-state index in [0.717, 1.165) is 0 Å². The molecule has 4 unspecified atom stereocenters. The van der Waals surface area contributed by atoms with Crippen LogP contribution >= 0.6 is 0 Å². The number of H-pyrrole nitrogens is 2. The van der Waals surface area contributed by atoms with Gasteiger partial charge in [0.15, 0.2) is 0 Å². The maximum absolute atomic E-state index is 13.2. The molecule has 2 rings (SSSR count). The first-order valence-corrected chi connectivity index (χ1v) is 12.4. The molecule has 2 aromatic rings. The molecule has 0 saturated heterocycles. The van der Waals surface area contributed by atoms with E-state index in [2.05, 4.69) is 35.9 Å². The Morgan fingerprint density at radius 2 is 1.36 bits per heavy atom. The van der Waals surface area contributed by atoms with Crippen LogP contribution in [0.2, 0.25) is 0 Å². The van der Waals surface area contributed by atoms with Crippen molar-refractivity contribution in [2.75, 3.05) is 6.54 Å². The lowest BCUT2D eigenvalue weighted by molar-refractivity contribution is -0.142. The Labute approximate surface area is 224 Å². The van der Waals surface area contributed by atoms with Crippen molar-refractivity contribution in [2.45, 2.75) is 69.1 Å². The number of carbonyl (C=O) groups is 5. The van der Waals surface area contributed by atoms with Crippen LogP contribution in [0, 0.1) is 0 Å². The van der Waals surface area contributed by atoms with Gasteiger partial charge in [-0.15, -0.1) is 0 Å². The number of carbonyl (C=O) groups excluding carboxylic acids is 4. The Kier molecular flexibility index (Phi) is 12.5. The van der Waals surface area contributed by atoms with Crippen molar-refractivity contribution in [1.82, 2.24) is 35.9 Å². The molecular formula is C23H36N10O6. The zero-order valence-corrected chi connectivity index (χ0v) is 21.4.